The van der Waals surface area contributed by atoms with Gasteiger partial charge in [-0.05, 0) is 30.2 Å². The molecule has 2 aromatic rings. The van der Waals surface area contributed by atoms with Gasteiger partial charge in [0.25, 0.3) is 0 Å². The summed E-state index contributed by atoms with van der Waals surface area (Å²) in [7, 11) is 1.63. The lowest BCUT2D eigenvalue weighted by molar-refractivity contribution is -0.152. The van der Waals surface area contributed by atoms with Crippen LogP contribution < -0.4 is 9.47 Å². The molecule has 0 bridgehead atoms. The minimum absolute atomic E-state index is 0.00282. The van der Waals surface area contributed by atoms with Crippen LogP contribution in [-0.4, -0.2) is 53.9 Å². The summed E-state index contributed by atoms with van der Waals surface area (Å²) < 4.78 is 22.0. The van der Waals surface area contributed by atoms with E-state index in [1.54, 1.807) is 14.0 Å². The van der Waals surface area contributed by atoms with Crippen molar-refractivity contribution >= 4 is 5.91 Å². The number of benzene rings is 1. The second-order valence-corrected chi connectivity index (χ2v) is 6.58. The number of nitrogens with zero attached hydrogens (tertiary/aromatic N) is 3. The number of carbonyl (C=O) groups is 1. The summed E-state index contributed by atoms with van der Waals surface area (Å²) in [6.45, 7) is 3.57. The normalized spacial score (nSPS) is 19.5. The topological polar surface area (TPSA) is 86.9 Å². The summed E-state index contributed by atoms with van der Waals surface area (Å²) in [5.41, 5.74) is 1.01. The molecule has 0 N–H and O–H groups in total. The minimum Gasteiger partial charge on any atom is -0.497 e. The van der Waals surface area contributed by atoms with Crippen molar-refractivity contribution in [1.29, 1.82) is 0 Å². The van der Waals surface area contributed by atoms with Gasteiger partial charge in [-0.25, -0.2) is 0 Å². The number of aromatic nitrogens is 2. The third-order valence-electron chi connectivity index (χ3n) is 4.69. The van der Waals surface area contributed by atoms with Gasteiger partial charge < -0.3 is 23.5 Å². The summed E-state index contributed by atoms with van der Waals surface area (Å²) in [4.78, 5) is 14.5. The molecule has 0 spiro atoms. The van der Waals surface area contributed by atoms with Crippen LogP contribution >= 0.6 is 0 Å². The Kier molecular flexibility index (Phi) is 4.50. The van der Waals surface area contributed by atoms with Crippen molar-refractivity contribution in [1.82, 2.24) is 15.1 Å². The third kappa shape index (κ3) is 3.37. The van der Waals surface area contributed by atoms with Crippen LogP contribution in [0.15, 0.2) is 22.6 Å². The lowest BCUT2D eigenvalue weighted by Gasteiger charge is -2.41. The van der Waals surface area contributed by atoms with Crippen LogP contribution in [0.1, 0.15) is 17.3 Å². The second-order valence-electron chi connectivity index (χ2n) is 6.58. The van der Waals surface area contributed by atoms with Crippen molar-refractivity contribution in [3.8, 4) is 11.5 Å². The number of fused-ring (bicyclic) bond motifs is 1. The molecule has 4 rings (SSSR count). The number of aryl methyl sites for hydroxylation is 1. The van der Waals surface area contributed by atoms with E-state index in [0.29, 0.717) is 37.9 Å². The average molecular weight is 359 g/mol. The molecule has 0 aliphatic carbocycles. The molecule has 8 nitrogen and oxygen atoms in total. The molecule has 1 aromatic heterocycles. The van der Waals surface area contributed by atoms with Gasteiger partial charge in [-0.3, -0.25) is 4.79 Å². The monoisotopic (exact) mass is 359 g/mol. The Labute approximate surface area is 151 Å². The highest BCUT2D eigenvalue weighted by atomic mass is 16.5. The second kappa shape index (κ2) is 6.95. The van der Waals surface area contributed by atoms with Gasteiger partial charge in [0.05, 0.1) is 19.1 Å². The maximum atomic E-state index is 12.7. The van der Waals surface area contributed by atoms with Crippen molar-refractivity contribution in [3.63, 3.8) is 0 Å². The fraction of sp³-hybridized carbons (Fsp3) is 0.500. The molecule has 1 amide bonds. The van der Waals surface area contributed by atoms with Crippen LogP contribution in [0.5, 0.6) is 11.5 Å². The van der Waals surface area contributed by atoms with Crippen LogP contribution in [0.2, 0.25) is 0 Å². The molecule has 0 radical (unpaired) electrons. The molecule has 1 fully saturated rings. The molecule has 26 heavy (non-hydrogen) atoms. The molecule has 3 heterocycles. The number of rotatable bonds is 5. The average Bonchev–Trinajstić information content (AvgIpc) is 3.04. The van der Waals surface area contributed by atoms with Crippen LogP contribution in [-0.2, 0) is 22.6 Å². The van der Waals surface area contributed by atoms with Gasteiger partial charge >= 0.3 is 0 Å². The maximum absolute atomic E-state index is 12.7. The van der Waals surface area contributed by atoms with Gasteiger partial charge in [0, 0.05) is 20.0 Å². The molecule has 1 atom stereocenters. The Balaban J connectivity index is 1.28. The predicted molar refractivity (Wildman–Crippen MR) is 89.9 cm³/mol. The molecule has 8 heteroatoms. The summed E-state index contributed by atoms with van der Waals surface area (Å²) in [5.74, 6) is 2.51. The van der Waals surface area contributed by atoms with Gasteiger partial charge in [-0.1, -0.05) is 0 Å². The Hall–Kier alpha value is -2.61. The highest BCUT2D eigenvalue weighted by Crippen LogP contribution is 2.32. The Morgan fingerprint density at radius 1 is 1.35 bits per heavy atom. The van der Waals surface area contributed by atoms with E-state index in [2.05, 4.69) is 10.2 Å². The van der Waals surface area contributed by atoms with Crippen LogP contribution in [0.3, 0.4) is 0 Å². The first-order valence-electron chi connectivity index (χ1n) is 8.61. The maximum Gasteiger partial charge on any atom is 0.242 e. The number of likely N-dealkylation sites (tertiary alicyclic amines) is 1. The fourth-order valence-electron chi connectivity index (χ4n) is 3.22. The SMILES string of the molecule is COc1ccc2c(c1)CC(C(=O)N1CC(OCc3nnc(C)o3)C1)CO2. The quantitative estimate of drug-likeness (QED) is 0.797. The van der Waals surface area contributed by atoms with Crippen LogP contribution in [0.25, 0.3) is 0 Å². The van der Waals surface area contributed by atoms with Gasteiger partial charge in [0.1, 0.15) is 24.7 Å². The summed E-state index contributed by atoms with van der Waals surface area (Å²) in [6.07, 6.45) is 0.664. The number of ether oxygens (including phenoxy) is 3. The summed E-state index contributed by atoms with van der Waals surface area (Å²) in [6, 6.07) is 5.69. The van der Waals surface area contributed by atoms with Crippen molar-refractivity contribution in [2.45, 2.75) is 26.1 Å². The smallest absolute Gasteiger partial charge is 0.242 e. The third-order valence-corrected chi connectivity index (χ3v) is 4.69. The van der Waals surface area contributed by atoms with Crippen molar-refractivity contribution in [3.05, 3.63) is 35.5 Å². The molecule has 2 aliphatic rings. The molecule has 138 valence electrons. The van der Waals surface area contributed by atoms with Crippen molar-refractivity contribution in [2.24, 2.45) is 5.92 Å². The lowest BCUT2D eigenvalue weighted by atomic mass is 9.94. The zero-order chi connectivity index (χ0) is 18.1. The summed E-state index contributed by atoms with van der Waals surface area (Å²) in [5, 5.41) is 7.65. The molecule has 2 aliphatic heterocycles. The van der Waals surface area contributed by atoms with Crippen molar-refractivity contribution in [2.75, 3.05) is 26.8 Å². The lowest BCUT2D eigenvalue weighted by Crippen LogP contribution is -2.57. The molecular weight excluding hydrogens is 338 g/mol. The zero-order valence-electron chi connectivity index (χ0n) is 14.8. The van der Waals surface area contributed by atoms with Gasteiger partial charge in [-0.15, -0.1) is 10.2 Å². The van der Waals surface area contributed by atoms with Gasteiger partial charge in [-0.2, -0.15) is 0 Å². The van der Waals surface area contributed by atoms with E-state index in [-0.39, 0.29) is 24.5 Å². The number of hydrogen-bond donors (Lipinski definition) is 0. The zero-order valence-corrected chi connectivity index (χ0v) is 14.8. The molecular formula is C18H21N3O5. The molecule has 1 aromatic carbocycles. The highest BCUT2D eigenvalue weighted by Gasteiger charge is 2.37. The largest absolute Gasteiger partial charge is 0.497 e. The molecule has 1 saturated heterocycles. The van der Waals surface area contributed by atoms with Gasteiger partial charge in [0.2, 0.25) is 17.7 Å². The fourth-order valence-corrected chi connectivity index (χ4v) is 3.22. The van der Waals surface area contributed by atoms with E-state index in [1.165, 1.54) is 0 Å². The summed E-state index contributed by atoms with van der Waals surface area (Å²) >= 11 is 0. The van der Waals surface area contributed by atoms with Crippen molar-refractivity contribution < 1.29 is 23.4 Å². The van der Waals surface area contributed by atoms with Crippen LogP contribution in [0, 0.1) is 12.8 Å². The van der Waals surface area contributed by atoms with Crippen LogP contribution in [0.4, 0.5) is 0 Å². The molecule has 0 saturated carbocycles. The van der Waals surface area contributed by atoms with E-state index in [0.717, 1.165) is 17.1 Å². The Morgan fingerprint density at radius 2 is 2.19 bits per heavy atom. The number of amides is 1. The van der Waals surface area contributed by atoms with E-state index >= 15 is 0 Å². The van der Waals surface area contributed by atoms with E-state index in [1.807, 2.05) is 23.1 Å². The molecule has 1 unspecified atom stereocenters. The van der Waals surface area contributed by atoms with E-state index in [4.69, 9.17) is 18.6 Å². The predicted octanol–water partition coefficient (Wildman–Crippen LogP) is 1.37. The van der Waals surface area contributed by atoms with E-state index < -0.39 is 0 Å². The Morgan fingerprint density at radius 3 is 2.92 bits per heavy atom. The first-order chi connectivity index (χ1) is 12.6. The first kappa shape index (κ1) is 16.8. The number of hydrogen-bond acceptors (Lipinski definition) is 7. The first-order valence-corrected chi connectivity index (χ1v) is 8.61. The number of carbonyl (C=O) groups excluding carboxylic acids is 1. The van der Waals surface area contributed by atoms with Gasteiger partial charge in [0.15, 0.2) is 0 Å². The Bertz CT molecular complexity index is 800. The number of methoxy groups -OCH3 is 1. The standard InChI is InChI=1S/C18H21N3O5/c1-11-19-20-17(26-11)10-24-15-7-21(8-15)18(22)13-5-12-6-14(23-2)3-4-16(12)25-9-13/h3-4,6,13,15H,5,7-10H2,1-2H3. The van der Waals surface area contributed by atoms with E-state index in [9.17, 15) is 4.79 Å². The minimum atomic E-state index is -0.172. The highest BCUT2D eigenvalue weighted by molar-refractivity contribution is 5.80.